The minimum atomic E-state index is -0.283. The van der Waals surface area contributed by atoms with E-state index in [-0.39, 0.29) is 29.3 Å². The highest BCUT2D eigenvalue weighted by molar-refractivity contribution is 5.81. The van der Waals surface area contributed by atoms with Crippen LogP contribution in [0.5, 0.6) is 0 Å². The first kappa shape index (κ1) is 18.3. The van der Waals surface area contributed by atoms with Crippen LogP contribution < -0.4 is 16.0 Å². The molecule has 1 aromatic rings. The van der Waals surface area contributed by atoms with E-state index in [1.54, 1.807) is 0 Å². The van der Waals surface area contributed by atoms with Crippen LogP contribution in [0.15, 0.2) is 24.3 Å². The number of nitrogens with two attached hydrogens (primary N) is 1. The van der Waals surface area contributed by atoms with Gasteiger partial charge >= 0.3 is 0 Å². The van der Waals surface area contributed by atoms with Crippen molar-refractivity contribution in [2.24, 2.45) is 17.6 Å². The molecule has 1 aliphatic carbocycles. The van der Waals surface area contributed by atoms with Crippen molar-refractivity contribution in [2.75, 3.05) is 38.1 Å². The van der Waals surface area contributed by atoms with Gasteiger partial charge in [0.05, 0.1) is 18.0 Å². The molecule has 1 amide bonds. The first-order valence-corrected chi connectivity index (χ1v) is 10.00. The molecule has 1 aromatic carbocycles. The Morgan fingerprint density at radius 1 is 1.33 bits per heavy atom. The van der Waals surface area contributed by atoms with Crippen LogP contribution in [0.4, 0.5) is 5.69 Å². The van der Waals surface area contributed by atoms with Crippen molar-refractivity contribution in [3.63, 3.8) is 0 Å². The van der Waals surface area contributed by atoms with Gasteiger partial charge in [-0.1, -0.05) is 12.1 Å². The van der Waals surface area contributed by atoms with E-state index in [4.69, 9.17) is 5.73 Å². The van der Waals surface area contributed by atoms with Crippen LogP contribution in [0.3, 0.4) is 0 Å². The van der Waals surface area contributed by atoms with Gasteiger partial charge in [0.1, 0.15) is 0 Å². The fraction of sp³-hybridized carbons (Fsp3) is 0.619. The van der Waals surface area contributed by atoms with Crippen molar-refractivity contribution in [1.82, 2.24) is 10.2 Å². The molecule has 0 radical (unpaired) electrons. The number of hydrogen-bond donors (Lipinski definition) is 2. The lowest BCUT2D eigenvalue weighted by molar-refractivity contribution is -0.121. The molecule has 3 fully saturated rings. The second-order valence-corrected chi connectivity index (χ2v) is 8.53. The summed E-state index contributed by atoms with van der Waals surface area (Å²) in [4.78, 5) is 16.5. The molecule has 6 nitrogen and oxygen atoms in total. The van der Waals surface area contributed by atoms with Crippen molar-refractivity contribution in [1.29, 1.82) is 5.26 Å². The molecule has 144 valence electrons. The third-order valence-corrected chi connectivity index (χ3v) is 6.88. The van der Waals surface area contributed by atoms with Crippen LogP contribution >= 0.6 is 0 Å². The Balaban J connectivity index is 1.44. The lowest BCUT2D eigenvalue weighted by Crippen LogP contribution is -2.54. The summed E-state index contributed by atoms with van der Waals surface area (Å²) in [7, 11) is 2.16. The van der Waals surface area contributed by atoms with Crippen molar-refractivity contribution in [2.45, 2.75) is 37.3 Å². The molecule has 3 aliphatic rings. The molecule has 2 aliphatic heterocycles. The number of rotatable bonds is 5. The molecule has 2 heterocycles. The number of likely N-dealkylation sites (N-methyl/N-ethyl adjacent to an activating group) is 1. The molecular formula is C21H29N5O. The second kappa shape index (κ2) is 7.14. The van der Waals surface area contributed by atoms with Crippen LogP contribution in [0, 0.1) is 23.2 Å². The number of fused-ring (bicyclic) bond motifs is 2. The van der Waals surface area contributed by atoms with Gasteiger partial charge in [-0.25, -0.2) is 0 Å². The Hall–Kier alpha value is -2.10. The number of carbonyl (C=O) groups excluding carboxylic acids is 1. The van der Waals surface area contributed by atoms with E-state index in [0.717, 1.165) is 45.4 Å². The molecular weight excluding hydrogens is 338 g/mol. The lowest BCUT2D eigenvalue weighted by atomic mass is 9.80. The fourth-order valence-electron chi connectivity index (χ4n) is 5.19. The number of primary amides is 1. The summed E-state index contributed by atoms with van der Waals surface area (Å²) in [5.41, 5.74) is 7.73. The van der Waals surface area contributed by atoms with Gasteiger partial charge in [0.15, 0.2) is 0 Å². The number of benzene rings is 1. The quantitative estimate of drug-likeness (QED) is 0.814. The molecule has 0 spiro atoms. The number of carbonyl (C=O) groups is 1. The predicted molar refractivity (Wildman–Crippen MR) is 105 cm³/mol. The summed E-state index contributed by atoms with van der Waals surface area (Å²) >= 11 is 0. The molecule has 6 heteroatoms. The minimum absolute atomic E-state index is 0.138. The highest BCUT2D eigenvalue weighted by atomic mass is 16.1. The second-order valence-electron chi connectivity index (χ2n) is 8.53. The van der Waals surface area contributed by atoms with E-state index in [1.807, 2.05) is 0 Å². The summed E-state index contributed by atoms with van der Waals surface area (Å²) in [5.74, 6) is -0.130. The molecule has 3 unspecified atom stereocenters. The molecule has 0 aromatic heterocycles. The average molecular weight is 367 g/mol. The number of piperazine rings is 1. The van der Waals surface area contributed by atoms with Gasteiger partial charge in [0.25, 0.3) is 0 Å². The fourth-order valence-corrected chi connectivity index (χ4v) is 5.19. The Labute approximate surface area is 161 Å². The van der Waals surface area contributed by atoms with Crippen molar-refractivity contribution < 1.29 is 4.79 Å². The average Bonchev–Trinajstić information content (AvgIpc) is 3.27. The van der Waals surface area contributed by atoms with Gasteiger partial charge in [-0.05, 0) is 56.3 Å². The van der Waals surface area contributed by atoms with E-state index in [1.165, 1.54) is 11.3 Å². The zero-order valence-electron chi connectivity index (χ0n) is 16.0. The van der Waals surface area contributed by atoms with Gasteiger partial charge < -0.3 is 15.5 Å². The highest BCUT2D eigenvalue weighted by Gasteiger charge is 2.55. The first-order chi connectivity index (χ1) is 13.0. The van der Waals surface area contributed by atoms with E-state index >= 15 is 0 Å². The lowest BCUT2D eigenvalue weighted by Gasteiger charge is -2.35. The molecule has 3 N–H and O–H groups in total. The normalized spacial score (nSPS) is 31.6. The Kier molecular flexibility index (Phi) is 4.83. The van der Waals surface area contributed by atoms with Gasteiger partial charge in [0.2, 0.25) is 5.91 Å². The number of nitriles is 1. The Bertz CT molecular complexity index is 734. The van der Waals surface area contributed by atoms with Crippen LogP contribution in [-0.4, -0.2) is 55.6 Å². The van der Waals surface area contributed by atoms with E-state index in [9.17, 15) is 10.1 Å². The summed E-state index contributed by atoms with van der Waals surface area (Å²) in [6.07, 6.45) is 3.54. The minimum Gasteiger partial charge on any atom is -0.369 e. The topological polar surface area (TPSA) is 85.4 Å². The number of nitrogens with one attached hydrogen (secondary N) is 1. The number of nitrogens with zero attached hydrogens (tertiary/aromatic N) is 3. The highest BCUT2D eigenvalue weighted by Crippen LogP contribution is 2.48. The van der Waals surface area contributed by atoms with Crippen molar-refractivity contribution in [3.8, 4) is 6.07 Å². The number of anilines is 1. The van der Waals surface area contributed by atoms with Gasteiger partial charge in [-0.2, -0.15) is 5.26 Å². The summed E-state index contributed by atoms with van der Waals surface area (Å²) < 4.78 is 0. The first-order valence-electron chi connectivity index (χ1n) is 10.00. The summed E-state index contributed by atoms with van der Waals surface area (Å²) in [6, 6.07) is 10.9. The molecule has 2 bridgehead atoms. The van der Waals surface area contributed by atoms with E-state index in [0.29, 0.717) is 6.42 Å². The Morgan fingerprint density at radius 3 is 2.63 bits per heavy atom. The molecule has 4 rings (SSSR count). The molecule has 4 atom stereocenters. The van der Waals surface area contributed by atoms with Crippen LogP contribution in [-0.2, 0) is 11.2 Å². The van der Waals surface area contributed by atoms with Crippen molar-refractivity contribution in [3.05, 3.63) is 29.8 Å². The van der Waals surface area contributed by atoms with Crippen LogP contribution in [0.2, 0.25) is 0 Å². The summed E-state index contributed by atoms with van der Waals surface area (Å²) in [6.45, 7) is 4.29. The third kappa shape index (κ3) is 3.42. The predicted octanol–water partition coefficient (Wildman–Crippen LogP) is 1.12. The number of hydrogen-bond acceptors (Lipinski definition) is 5. The molecule has 1 saturated carbocycles. The maximum atomic E-state index is 11.7. The van der Waals surface area contributed by atoms with Crippen LogP contribution in [0.1, 0.15) is 24.8 Å². The SMILES string of the molecule is CN1CCN(c2ccc(C[C@H](C#N)C34CCC(C3)C(C(N)=O)N4)cc2)CC1. The zero-order chi connectivity index (χ0) is 19.0. The van der Waals surface area contributed by atoms with E-state index in [2.05, 4.69) is 52.5 Å². The maximum Gasteiger partial charge on any atom is 0.234 e. The van der Waals surface area contributed by atoms with Gasteiger partial charge in [-0.15, -0.1) is 0 Å². The largest absolute Gasteiger partial charge is 0.369 e. The van der Waals surface area contributed by atoms with Crippen LogP contribution in [0.25, 0.3) is 0 Å². The van der Waals surface area contributed by atoms with Crippen molar-refractivity contribution >= 4 is 11.6 Å². The van der Waals surface area contributed by atoms with E-state index < -0.39 is 0 Å². The smallest absolute Gasteiger partial charge is 0.234 e. The Morgan fingerprint density at radius 2 is 2.04 bits per heavy atom. The number of piperidine rings is 1. The summed E-state index contributed by atoms with van der Waals surface area (Å²) in [5, 5.41) is 13.3. The third-order valence-electron chi connectivity index (χ3n) is 6.88. The maximum absolute atomic E-state index is 11.7. The monoisotopic (exact) mass is 367 g/mol. The van der Waals surface area contributed by atoms with Gasteiger partial charge in [-0.3, -0.25) is 10.1 Å². The molecule has 2 saturated heterocycles. The number of amides is 1. The van der Waals surface area contributed by atoms with Gasteiger partial charge in [0, 0.05) is 37.4 Å². The standard InChI is InChI=1S/C21H29N5O/c1-25-8-10-26(11-9-25)18-4-2-15(3-5-18)12-17(14-22)21-7-6-16(13-21)19(24-21)20(23)27/h2-5,16-17,19,24H,6-13H2,1H3,(H2,23,27)/t16?,17-,19?,21?/m1/s1. The molecule has 27 heavy (non-hydrogen) atoms. The zero-order valence-corrected chi connectivity index (χ0v) is 16.0.